The maximum Gasteiger partial charge on any atom is 0.416 e. The van der Waals surface area contributed by atoms with Gasteiger partial charge in [0, 0.05) is 32.2 Å². The van der Waals surface area contributed by atoms with E-state index in [4.69, 9.17) is 0 Å². The average Bonchev–Trinajstić information content (AvgIpc) is 2.45. The van der Waals surface area contributed by atoms with E-state index in [1.54, 1.807) is 20.8 Å². The number of rotatable bonds is 2. The van der Waals surface area contributed by atoms with Gasteiger partial charge in [-0.15, -0.1) is 24.8 Å². The summed E-state index contributed by atoms with van der Waals surface area (Å²) < 4.78 is 79.3. The first-order valence-electron chi connectivity index (χ1n) is 8.05. The predicted molar refractivity (Wildman–Crippen MR) is 97.6 cm³/mol. The first-order valence-corrected chi connectivity index (χ1v) is 8.05. The molecule has 0 radical (unpaired) electrons. The van der Waals surface area contributed by atoms with Crippen LogP contribution in [0.1, 0.15) is 43.5 Å². The summed E-state index contributed by atoms with van der Waals surface area (Å²) in [6, 6.07) is 1.33. The van der Waals surface area contributed by atoms with E-state index < -0.39 is 34.9 Å². The Morgan fingerprint density at radius 3 is 1.81 bits per heavy atom. The second-order valence-corrected chi connectivity index (χ2v) is 7.35. The van der Waals surface area contributed by atoms with Crippen LogP contribution < -0.4 is 5.32 Å². The zero-order valence-electron chi connectivity index (χ0n) is 15.2. The fraction of sp³-hybridized carbons (Fsp3) is 0.647. The van der Waals surface area contributed by atoms with Crippen molar-refractivity contribution in [1.29, 1.82) is 0 Å². The van der Waals surface area contributed by atoms with E-state index in [2.05, 4.69) is 5.32 Å². The van der Waals surface area contributed by atoms with Gasteiger partial charge in [0.1, 0.15) is 0 Å². The van der Waals surface area contributed by atoms with E-state index in [9.17, 15) is 26.3 Å². The molecule has 10 heteroatoms. The van der Waals surface area contributed by atoms with Crippen LogP contribution in [-0.4, -0.2) is 31.1 Å². The lowest BCUT2D eigenvalue weighted by molar-refractivity contribution is -0.144. The first-order chi connectivity index (χ1) is 11.3. The molecule has 0 spiro atoms. The minimum Gasteiger partial charge on any atom is -0.314 e. The van der Waals surface area contributed by atoms with Crippen LogP contribution in [0.2, 0.25) is 0 Å². The maximum absolute atomic E-state index is 13.5. The summed E-state index contributed by atoms with van der Waals surface area (Å²) in [5, 5.41) is 3.13. The molecular formula is C17H24Cl2F6N2. The zero-order valence-corrected chi connectivity index (χ0v) is 16.8. The van der Waals surface area contributed by atoms with E-state index >= 15 is 0 Å². The lowest BCUT2D eigenvalue weighted by atomic mass is 9.79. The SMILES string of the molecule is CC(C)(C)[C@H](c1ccc(C(F)(F)F)cc1C(F)(F)F)N1CCNCC1.Cl.Cl. The van der Waals surface area contributed by atoms with Crippen LogP contribution in [0.5, 0.6) is 0 Å². The van der Waals surface area contributed by atoms with Crippen molar-refractivity contribution in [1.82, 2.24) is 10.2 Å². The quantitative estimate of drug-likeness (QED) is 0.605. The molecule has 0 amide bonds. The Labute approximate surface area is 167 Å². The molecule has 0 bridgehead atoms. The highest BCUT2D eigenvalue weighted by Crippen LogP contribution is 2.45. The van der Waals surface area contributed by atoms with Crippen LogP contribution in [0.15, 0.2) is 18.2 Å². The third-order valence-electron chi connectivity index (χ3n) is 4.32. The van der Waals surface area contributed by atoms with Gasteiger partial charge in [-0.3, -0.25) is 4.90 Å². The van der Waals surface area contributed by atoms with Crippen LogP contribution >= 0.6 is 24.8 Å². The number of nitrogens with one attached hydrogen (secondary N) is 1. The Kier molecular flexibility index (Phi) is 8.96. The second-order valence-electron chi connectivity index (χ2n) is 7.35. The smallest absolute Gasteiger partial charge is 0.314 e. The molecule has 2 rings (SSSR count). The van der Waals surface area contributed by atoms with Crippen molar-refractivity contribution in [3.8, 4) is 0 Å². The topological polar surface area (TPSA) is 15.3 Å². The number of hydrogen-bond acceptors (Lipinski definition) is 2. The van der Waals surface area contributed by atoms with E-state index in [1.165, 1.54) is 0 Å². The van der Waals surface area contributed by atoms with Gasteiger partial charge >= 0.3 is 12.4 Å². The largest absolute Gasteiger partial charge is 0.416 e. The molecule has 2 nitrogen and oxygen atoms in total. The summed E-state index contributed by atoms with van der Waals surface area (Å²) in [6.45, 7) is 7.76. The number of alkyl halides is 6. The summed E-state index contributed by atoms with van der Waals surface area (Å²) in [5.41, 5.74) is -3.16. The Bertz CT molecular complexity index is 605. The molecular weight excluding hydrogens is 417 g/mol. The van der Waals surface area contributed by atoms with E-state index in [1.807, 2.05) is 4.90 Å². The molecule has 27 heavy (non-hydrogen) atoms. The van der Waals surface area contributed by atoms with Crippen LogP contribution in [0.4, 0.5) is 26.3 Å². The molecule has 1 atom stereocenters. The molecule has 158 valence electrons. The van der Waals surface area contributed by atoms with E-state index in [0.717, 1.165) is 12.1 Å². The van der Waals surface area contributed by atoms with Crippen LogP contribution in [0, 0.1) is 5.41 Å². The van der Waals surface area contributed by atoms with Gasteiger partial charge in [0.25, 0.3) is 0 Å². The van der Waals surface area contributed by atoms with Gasteiger partial charge in [-0.1, -0.05) is 26.8 Å². The minimum atomic E-state index is -4.85. The van der Waals surface area contributed by atoms with E-state index in [-0.39, 0.29) is 36.4 Å². The number of benzene rings is 1. The average molecular weight is 441 g/mol. The summed E-state index contributed by atoms with van der Waals surface area (Å²) in [5.74, 6) is 0. The van der Waals surface area contributed by atoms with Crippen LogP contribution in [0.25, 0.3) is 0 Å². The van der Waals surface area contributed by atoms with Crippen molar-refractivity contribution in [3.63, 3.8) is 0 Å². The summed E-state index contributed by atoms with van der Waals surface area (Å²) in [7, 11) is 0. The first kappa shape index (κ1) is 26.3. The Morgan fingerprint density at radius 1 is 0.889 bits per heavy atom. The third-order valence-corrected chi connectivity index (χ3v) is 4.32. The Hall–Kier alpha value is -0.700. The van der Waals surface area contributed by atoms with E-state index in [0.29, 0.717) is 26.2 Å². The molecule has 1 aliphatic rings. The Morgan fingerprint density at radius 2 is 1.41 bits per heavy atom. The van der Waals surface area contributed by atoms with Gasteiger partial charge < -0.3 is 5.32 Å². The number of nitrogens with zero attached hydrogens (tertiary/aromatic N) is 1. The number of hydrogen-bond donors (Lipinski definition) is 1. The van der Waals surface area contributed by atoms with Crippen LogP contribution in [0.3, 0.4) is 0 Å². The van der Waals surface area contributed by atoms with Crippen molar-refractivity contribution in [3.05, 3.63) is 34.9 Å². The summed E-state index contributed by atoms with van der Waals surface area (Å²) in [6.07, 6.45) is -9.67. The van der Waals surface area contributed by atoms with Crippen LogP contribution in [-0.2, 0) is 12.4 Å². The lowest BCUT2D eigenvalue weighted by Gasteiger charge is -2.43. The second kappa shape index (κ2) is 9.20. The zero-order chi connectivity index (χ0) is 19.0. The number of halogens is 8. The van der Waals surface area contributed by atoms with Crippen molar-refractivity contribution in [2.24, 2.45) is 5.41 Å². The molecule has 1 aliphatic heterocycles. The summed E-state index contributed by atoms with van der Waals surface area (Å²) in [4.78, 5) is 1.91. The molecule has 0 unspecified atom stereocenters. The minimum absolute atomic E-state index is 0. The van der Waals surface area contributed by atoms with Crippen molar-refractivity contribution < 1.29 is 26.3 Å². The molecule has 1 N–H and O–H groups in total. The third kappa shape index (κ3) is 6.41. The van der Waals surface area contributed by atoms with Gasteiger partial charge in [0.2, 0.25) is 0 Å². The molecule has 1 fully saturated rings. The maximum atomic E-state index is 13.5. The molecule has 0 saturated carbocycles. The van der Waals surface area contributed by atoms with Crippen molar-refractivity contribution in [2.75, 3.05) is 26.2 Å². The molecule has 0 aliphatic carbocycles. The van der Waals surface area contributed by atoms with Crippen molar-refractivity contribution in [2.45, 2.75) is 39.2 Å². The fourth-order valence-electron chi connectivity index (χ4n) is 3.37. The van der Waals surface area contributed by atoms with Gasteiger partial charge in [0.15, 0.2) is 0 Å². The van der Waals surface area contributed by atoms with Gasteiger partial charge in [-0.25, -0.2) is 0 Å². The highest BCUT2D eigenvalue weighted by Gasteiger charge is 2.43. The molecule has 1 heterocycles. The molecule has 0 aromatic heterocycles. The number of piperazine rings is 1. The molecule has 1 aromatic rings. The van der Waals surface area contributed by atoms with Gasteiger partial charge in [0.05, 0.1) is 11.1 Å². The molecule has 1 aromatic carbocycles. The van der Waals surface area contributed by atoms with Gasteiger partial charge in [-0.05, 0) is 23.1 Å². The highest BCUT2D eigenvalue weighted by atomic mass is 35.5. The lowest BCUT2D eigenvalue weighted by Crippen LogP contribution is -2.48. The fourth-order valence-corrected chi connectivity index (χ4v) is 3.37. The predicted octanol–water partition coefficient (Wildman–Crippen LogP) is 5.56. The monoisotopic (exact) mass is 440 g/mol. The standard InChI is InChI=1S/C17H22F6N2.2ClH/c1-15(2,3)14(25-8-6-24-7-9-25)12-5-4-11(16(18,19)20)10-13(12)17(21,22)23;;/h4-5,10,14,24H,6-9H2,1-3H3;2*1H/t14-;;/m0../s1. The highest BCUT2D eigenvalue weighted by molar-refractivity contribution is 5.85. The molecule has 1 saturated heterocycles. The van der Waals surface area contributed by atoms with Gasteiger partial charge in [-0.2, -0.15) is 26.3 Å². The summed E-state index contributed by atoms with van der Waals surface area (Å²) >= 11 is 0. The normalized spacial score (nSPS) is 17.7. The van der Waals surface area contributed by atoms with Crippen molar-refractivity contribution >= 4 is 24.8 Å². The Balaban J connectivity index is 0.00000338.